The van der Waals surface area contributed by atoms with Gasteiger partial charge in [0.1, 0.15) is 17.2 Å². The van der Waals surface area contributed by atoms with Crippen molar-refractivity contribution >= 4 is 11.0 Å². The average molecular weight is 268 g/mol. The number of phenolic OH excluding ortho intramolecular Hbond substituents is 1. The molecule has 3 aromatic rings. The fraction of sp³-hybridized carbons (Fsp3) is 0.133. The van der Waals surface area contributed by atoms with E-state index < -0.39 is 5.63 Å². The summed E-state index contributed by atoms with van der Waals surface area (Å²) in [6.45, 7) is 3.62. The van der Waals surface area contributed by atoms with E-state index in [9.17, 15) is 9.90 Å². The minimum Gasteiger partial charge on any atom is -0.508 e. The molecular formula is C15H12N2O3. The van der Waals surface area contributed by atoms with E-state index in [2.05, 4.69) is 9.97 Å². The Balaban J connectivity index is 2.28. The molecule has 0 saturated carbocycles. The summed E-state index contributed by atoms with van der Waals surface area (Å²) >= 11 is 0. The maximum absolute atomic E-state index is 12.1. The highest BCUT2D eigenvalue weighted by Crippen LogP contribution is 2.23. The fourth-order valence-electron chi connectivity index (χ4n) is 2.13. The van der Waals surface area contributed by atoms with Crippen LogP contribution in [0.25, 0.3) is 22.2 Å². The Hall–Kier alpha value is -2.69. The Kier molecular flexibility index (Phi) is 2.75. The molecule has 1 N–H and O–H groups in total. The van der Waals surface area contributed by atoms with Crippen LogP contribution in [0.5, 0.6) is 5.75 Å². The molecule has 0 bridgehead atoms. The summed E-state index contributed by atoms with van der Waals surface area (Å²) in [5.74, 6) is 0.660. The van der Waals surface area contributed by atoms with Gasteiger partial charge in [-0.1, -0.05) is 0 Å². The molecule has 0 radical (unpaired) electrons. The number of benzene rings is 1. The summed E-state index contributed by atoms with van der Waals surface area (Å²) in [6, 6.07) is 8.10. The Morgan fingerprint density at radius 2 is 1.90 bits per heavy atom. The number of phenols is 1. The van der Waals surface area contributed by atoms with Crippen molar-refractivity contribution in [1.82, 2.24) is 9.97 Å². The predicted octanol–water partition coefficient (Wildman–Crippen LogP) is 2.57. The lowest BCUT2D eigenvalue weighted by Crippen LogP contribution is -2.05. The molecule has 0 saturated heterocycles. The minimum atomic E-state index is -0.486. The van der Waals surface area contributed by atoms with Gasteiger partial charge in [0.25, 0.3) is 0 Å². The van der Waals surface area contributed by atoms with Crippen LogP contribution in [0.15, 0.2) is 39.5 Å². The molecule has 5 nitrogen and oxygen atoms in total. The van der Waals surface area contributed by atoms with Crippen LogP contribution in [-0.2, 0) is 0 Å². The largest absolute Gasteiger partial charge is 0.508 e. The summed E-state index contributed by atoms with van der Waals surface area (Å²) in [6.07, 6.45) is 0. The van der Waals surface area contributed by atoms with Crippen LogP contribution < -0.4 is 5.63 Å². The van der Waals surface area contributed by atoms with Crippen LogP contribution in [-0.4, -0.2) is 15.1 Å². The lowest BCUT2D eigenvalue weighted by Gasteiger charge is -2.04. The monoisotopic (exact) mass is 268 g/mol. The molecule has 1 aromatic carbocycles. The number of aryl methyl sites for hydroxylation is 2. The molecular weight excluding hydrogens is 256 g/mol. The minimum absolute atomic E-state index is 0.0575. The van der Waals surface area contributed by atoms with Gasteiger partial charge < -0.3 is 9.52 Å². The maximum Gasteiger partial charge on any atom is 0.345 e. The van der Waals surface area contributed by atoms with E-state index in [1.807, 2.05) is 6.92 Å². The zero-order valence-electron chi connectivity index (χ0n) is 11.0. The van der Waals surface area contributed by atoms with Crippen molar-refractivity contribution in [1.29, 1.82) is 0 Å². The van der Waals surface area contributed by atoms with Crippen LogP contribution >= 0.6 is 0 Å². The lowest BCUT2D eigenvalue weighted by molar-refractivity contribution is 0.473. The predicted molar refractivity (Wildman–Crippen MR) is 74.6 cm³/mol. The Morgan fingerprint density at radius 1 is 1.10 bits per heavy atom. The van der Waals surface area contributed by atoms with Gasteiger partial charge in [0.2, 0.25) is 0 Å². The standard InChI is InChI=1S/C15H12N2O3/c1-8-5-13(17-9(2)16-8)12-6-10-3-4-11(18)7-14(10)20-15(12)19/h3-7,18H,1-2H3. The second kappa shape index (κ2) is 4.45. The summed E-state index contributed by atoms with van der Waals surface area (Å²) in [7, 11) is 0. The van der Waals surface area contributed by atoms with E-state index in [4.69, 9.17) is 4.42 Å². The smallest absolute Gasteiger partial charge is 0.345 e. The molecule has 0 spiro atoms. The van der Waals surface area contributed by atoms with Crippen molar-refractivity contribution < 1.29 is 9.52 Å². The zero-order valence-corrected chi connectivity index (χ0v) is 11.0. The Labute approximate surface area is 114 Å². The molecule has 0 atom stereocenters. The third-order valence-electron chi connectivity index (χ3n) is 2.96. The Bertz CT molecular complexity index is 848. The molecule has 0 fully saturated rings. The van der Waals surface area contributed by atoms with E-state index >= 15 is 0 Å². The van der Waals surface area contributed by atoms with Crippen LogP contribution in [0.4, 0.5) is 0 Å². The van der Waals surface area contributed by atoms with E-state index in [-0.39, 0.29) is 5.75 Å². The van der Waals surface area contributed by atoms with Crippen molar-refractivity contribution in [3.05, 3.63) is 52.3 Å². The molecule has 2 heterocycles. The van der Waals surface area contributed by atoms with Crippen LogP contribution in [0.3, 0.4) is 0 Å². The molecule has 0 unspecified atom stereocenters. The highest BCUT2D eigenvalue weighted by molar-refractivity contribution is 5.82. The number of hydrogen-bond donors (Lipinski definition) is 1. The van der Waals surface area contributed by atoms with Gasteiger partial charge in [0, 0.05) is 17.1 Å². The molecule has 100 valence electrons. The summed E-state index contributed by atoms with van der Waals surface area (Å²) in [5.41, 5.74) is 1.58. The van der Waals surface area contributed by atoms with Gasteiger partial charge in [0.05, 0.1) is 11.3 Å². The summed E-state index contributed by atoms with van der Waals surface area (Å²) < 4.78 is 5.23. The molecule has 0 aliphatic rings. The van der Waals surface area contributed by atoms with Gasteiger partial charge in [0.15, 0.2) is 0 Å². The van der Waals surface area contributed by atoms with Crippen molar-refractivity contribution in [3.63, 3.8) is 0 Å². The number of aromatic hydroxyl groups is 1. The van der Waals surface area contributed by atoms with E-state index in [1.54, 1.807) is 31.2 Å². The average Bonchev–Trinajstić information content (AvgIpc) is 2.36. The first kappa shape index (κ1) is 12.3. The number of nitrogens with zero attached hydrogens (tertiary/aromatic N) is 2. The van der Waals surface area contributed by atoms with Crippen molar-refractivity contribution in [3.8, 4) is 17.0 Å². The number of hydrogen-bond acceptors (Lipinski definition) is 5. The quantitative estimate of drug-likeness (QED) is 0.686. The molecule has 20 heavy (non-hydrogen) atoms. The summed E-state index contributed by atoms with van der Waals surface area (Å²) in [5, 5.41) is 10.1. The molecule has 0 amide bonds. The van der Waals surface area contributed by atoms with Crippen LogP contribution in [0.2, 0.25) is 0 Å². The molecule has 0 aliphatic carbocycles. The Morgan fingerprint density at radius 3 is 2.65 bits per heavy atom. The number of rotatable bonds is 1. The molecule has 5 heteroatoms. The lowest BCUT2D eigenvalue weighted by atomic mass is 10.1. The van der Waals surface area contributed by atoms with Crippen LogP contribution in [0.1, 0.15) is 11.5 Å². The molecule has 0 aliphatic heterocycles. The highest BCUT2D eigenvalue weighted by atomic mass is 16.4. The van der Waals surface area contributed by atoms with Gasteiger partial charge in [-0.25, -0.2) is 14.8 Å². The van der Waals surface area contributed by atoms with Gasteiger partial charge in [-0.05, 0) is 38.1 Å². The maximum atomic E-state index is 12.1. The highest BCUT2D eigenvalue weighted by Gasteiger charge is 2.10. The third kappa shape index (κ3) is 2.14. The van der Waals surface area contributed by atoms with Crippen molar-refractivity contribution in [2.24, 2.45) is 0 Å². The van der Waals surface area contributed by atoms with Crippen LogP contribution in [0, 0.1) is 13.8 Å². The zero-order chi connectivity index (χ0) is 14.3. The third-order valence-corrected chi connectivity index (χ3v) is 2.96. The van der Waals surface area contributed by atoms with Gasteiger partial charge >= 0.3 is 5.63 Å². The molecule has 3 rings (SSSR count). The number of aromatic nitrogens is 2. The second-order valence-electron chi connectivity index (χ2n) is 4.61. The van der Waals surface area contributed by atoms with Gasteiger partial charge in [-0.15, -0.1) is 0 Å². The first-order valence-electron chi connectivity index (χ1n) is 6.12. The van der Waals surface area contributed by atoms with Gasteiger partial charge in [-0.2, -0.15) is 0 Å². The SMILES string of the molecule is Cc1cc(-c2cc3ccc(O)cc3oc2=O)nc(C)n1. The normalized spacial score (nSPS) is 10.9. The second-order valence-corrected chi connectivity index (χ2v) is 4.61. The molecule has 2 aromatic heterocycles. The summed E-state index contributed by atoms with van der Waals surface area (Å²) in [4.78, 5) is 20.5. The van der Waals surface area contributed by atoms with E-state index in [0.717, 1.165) is 11.1 Å². The topological polar surface area (TPSA) is 76.2 Å². The fourth-order valence-corrected chi connectivity index (χ4v) is 2.13. The van der Waals surface area contributed by atoms with Gasteiger partial charge in [-0.3, -0.25) is 0 Å². The first-order valence-corrected chi connectivity index (χ1v) is 6.12. The number of fused-ring (bicyclic) bond motifs is 1. The van der Waals surface area contributed by atoms with E-state index in [1.165, 1.54) is 6.07 Å². The van der Waals surface area contributed by atoms with Crippen molar-refractivity contribution in [2.45, 2.75) is 13.8 Å². The van der Waals surface area contributed by atoms with Crippen molar-refractivity contribution in [2.75, 3.05) is 0 Å². The first-order chi connectivity index (χ1) is 9.52. The van der Waals surface area contributed by atoms with E-state index in [0.29, 0.717) is 22.7 Å².